The van der Waals surface area contributed by atoms with Crippen LogP contribution < -0.4 is 5.32 Å². The maximum atomic E-state index is 12.0. The first-order chi connectivity index (χ1) is 8.71. The van der Waals surface area contributed by atoms with E-state index < -0.39 is 0 Å². The fourth-order valence-corrected chi connectivity index (χ4v) is 2.70. The second kappa shape index (κ2) is 5.57. The van der Waals surface area contributed by atoms with Gasteiger partial charge < -0.3 is 14.8 Å². The molecule has 1 heterocycles. The minimum Gasteiger partial charge on any atom is -0.469 e. The van der Waals surface area contributed by atoms with Crippen LogP contribution in [0.3, 0.4) is 0 Å². The number of aryl methyl sites for hydroxylation is 1. The van der Waals surface area contributed by atoms with Crippen molar-refractivity contribution in [3.05, 3.63) is 23.7 Å². The predicted octanol–water partition coefficient (Wildman–Crippen LogP) is 2.12. The van der Waals surface area contributed by atoms with Crippen LogP contribution in [0.1, 0.15) is 48.7 Å². The minimum atomic E-state index is -0.105. The number of furan rings is 1. The SMILES string of the molecule is CCc1occc1C(=O)NCC1(CO)CCCC1. The normalized spacial score (nSPS) is 17.9. The fourth-order valence-electron chi connectivity index (χ4n) is 2.70. The van der Waals surface area contributed by atoms with E-state index in [4.69, 9.17) is 4.42 Å². The van der Waals surface area contributed by atoms with Gasteiger partial charge in [0.1, 0.15) is 5.76 Å². The smallest absolute Gasteiger partial charge is 0.254 e. The first-order valence-electron chi connectivity index (χ1n) is 6.66. The number of aliphatic hydroxyl groups is 1. The average Bonchev–Trinajstić information content (AvgIpc) is 3.05. The predicted molar refractivity (Wildman–Crippen MR) is 68.4 cm³/mol. The van der Waals surface area contributed by atoms with Crippen LogP contribution in [0.15, 0.2) is 16.7 Å². The summed E-state index contributed by atoms with van der Waals surface area (Å²) < 4.78 is 5.25. The molecule has 1 aliphatic rings. The molecule has 1 aromatic rings. The molecule has 100 valence electrons. The largest absolute Gasteiger partial charge is 0.469 e. The van der Waals surface area contributed by atoms with Gasteiger partial charge >= 0.3 is 0 Å². The summed E-state index contributed by atoms with van der Waals surface area (Å²) in [7, 11) is 0. The summed E-state index contributed by atoms with van der Waals surface area (Å²) in [5.41, 5.74) is 0.509. The molecule has 0 aliphatic heterocycles. The molecule has 0 bridgehead atoms. The highest BCUT2D eigenvalue weighted by atomic mass is 16.3. The van der Waals surface area contributed by atoms with Crippen molar-refractivity contribution in [2.75, 3.05) is 13.2 Å². The second-order valence-electron chi connectivity index (χ2n) is 5.16. The Hall–Kier alpha value is -1.29. The van der Waals surface area contributed by atoms with Gasteiger partial charge in [-0.15, -0.1) is 0 Å². The zero-order valence-corrected chi connectivity index (χ0v) is 10.9. The lowest BCUT2D eigenvalue weighted by atomic mass is 9.87. The third kappa shape index (κ3) is 2.58. The number of hydrogen-bond acceptors (Lipinski definition) is 3. The molecule has 0 aromatic carbocycles. The molecule has 2 N–H and O–H groups in total. The van der Waals surface area contributed by atoms with Gasteiger partial charge in [0, 0.05) is 18.4 Å². The molecule has 18 heavy (non-hydrogen) atoms. The molecule has 0 unspecified atom stereocenters. The highest BCUT2D eigenvalue weighted by Gasteiger charge is 2.33. The van der Waals surface area contributed by atoms with Gasteiger partial charge in [0.25, 0.3) is 5.91 Å². The Kier molecular flexibility index (Phi) is 4.07. The zero-order chi connectivity index (χ0) is 13.0. The molecule has 0 spiro atoms. The molecular weight excluding hydrogens is 230 g/mol. The van der Waals surface area contributed by atoms with Crippen molar-refractivity contribution < 1.29 is 14.3 Å². The van der Waals surface area contributed by atoms with Crippen molar-refractivity contribution in [1.29, 1.82) is 0 Å². The first-order valence-corrected chi connectivity index (χ1v) is 6.66. The summed E-state index contributed by atoms with van der Waals surface area (Å²) in [5, 5.41) is 12.4. The average molecular weight is 251 g/mol. The molecule has 0 radical (unpaired) electrons. The number of aliphatic hydroxyl groups excluding tert-OH is 1. The molecule has 1 aliphatic carbocycles. The molecule has 1 saturated carbocycles. The third-order valence-corrected chi connectivity index (χ3v) is 3.93. The van der Waals surface area contributed by atoms with E-state index >= 15 is 0 Å². The van der Waals surface area contributed by atoms with E-state index in [2.05, 4.69) is 5.32 Å². The van der Waals surface area contributed by atoms with Crippen molar-refractivity contribution >= 4 is 5.91 Å². The van der Waals surface area contributed by atoms with Crippen molar-refractivity contribution in [3.8, 4) is 0 Å². The van der Waals surface area contributed by atoms with Gasteiger partial charge in [-0.3, -0.25) is 4.79 Å². The summed E-state index contributed by atoms with van der Waals surface area (Å²) >= 11 is 0. The third-order valence-electron chi connectivity index (χ3n) is 3.93. The van der Waals surface area contributed by atoms with E-state index in [0.717, 1.165) is 31.4 Å². The molecule has 4 heteroatoms. The zero-order valence-electron chi connectivity index (χ0n) is 10.9. The van der Waals surface area contributed by atoms with Crippen LogP contribution in [0, 0.1) is 5.41 Å². The Morgan fingerprint density at radius 3 is 2.83 bits per heavy atom. The van der Waals surface area contributed by atoms with E-state index in [1.165, 1.54) is 0 Å². The van der Waals surface area contributed by atoms with E-state index in [0.29, 0.717) is 18.5 Å². The van der Waals surface area contributed by atoms with Crippen LogP contribution in [-0.4, -0.2) is 24.2 Å². The summed E-state index contributed by atoms with van der Waals surface area (Å²) in [6.07, 6.45) is 6.53. The van der Waals surface area contributed by atoms with E-state index in [-0.39, 0.29) is 17.9 Å². The van der Waals surface area contributed by atoms with Crippen LogP contribution in [-0.2, 0) is 6.42 Å². The molecule has 1 fully saturated rings. The van der Waals surface area contributed by atoms with Gasteiger partial charge in [0.15, 0.2) is 0 Å². The van der Waals surface area contributed by atoms with Crippen LogP contribution >= 0.6 is 0 Å². The number of carbonyl (C=O) groups is 1. The highest BCUT2D eigenvalue weighted by molar-refractivity contribution is 5.95. The number of hydrogen-bond donors (Lipinski definition) is 2. The quantitative estimate of drug-likeness (QED) is 0.842. The Labute approximate surface area is 107 Å². The van der Waals surface area contributed by atoms with Gasteiger partial charge in [0.05, 0.1) is 18.4 Å². The lowest BCUT2D eigenvalue weighted by molar-refractivity contribution is 0.0879. The lowest BCUT2D eigenvalue weighted by Gasteiger charge is -2.26. The van der Waals surface area contributed by atoms with Crippen LogP contribution in [0.2, 0.25) is 0 Å². The first kappa shape index (κ1) is 13.1. The van der Waals surface area contributed by atoms with E-state index in [9.17, 15) is 9.90 Å². The number of rotatable bonds is 5. The lowest BCUT2D eigenvalue weighted by Crippen LogP contribution is -2.38. The maximum Gasteiger partial charge on any atom is 0.254 e. The van der Waals surface area contributed by atoms with Gasteiger partial charge in [-0.05, 0) is 18.9 Å². The van der Waals surface area contributed by atoms with Gasteiger partial charge in [-0.25, -0.2) is 0 Å². The molecule has 4 nitrogen and oxygen atoms in total. The van der Waals surface area contributed by atoms with Crippen molar-refractivity contribution in [2.24, 2.45) is 5.41 Å². The molecular formula is C14H21NO3. The van der Waals surface area contributed by atoms with Crippen LogP contribution in [0.25, 0.3) is 0 Å². The Bertz CT molecular complexity index is 405. The number of amides is 1. The Morgan fingerprint density at radius 2 is 2.22 bits per heavy atom. The van der Waals surface area contributed by atoms with Gasteiger partial charge in [-0.1, -0.05) is 19.8 Å². The van der Waals surface area contributed by atoms with Gasteiger partial charge in [0.2, 0.25) is 0 Å². The molecule has 0 saturated heterocycles. The van der Waals surface area contributed by atoms with Crippen molar-refractivity contribution in [2.45, 2.75) is 39.0 Å². The summed E-state index contributed by atoms with van der Waals surface area (Å²) in [4.78, 5) is 12.0. The minimum absolute atomic E-state index is 0.0969. The standard InChI is InChI=1S/C14H21NO3/c1-2-12-11(5-8-18-12)13(17)15-9-14(10-16)6-3-4-7-14/h5,8,16H,2-4,6-7,9-10H2,1H3,(H,15,17). The Balaban J connectivity index is 1.96. The molecule has 1 amide bonds. The topological polar surface area (TPSA) is 62.5 Å². The Morgan fingerprint density at radius 1 is 1.50 bits per heavy atom. The van der Waals surface area contributed by atoms with Crippen LogP contribution in [0.4, 0.5) is 0 Å². The van der Waals surface area contributed by atoms with Crippen LogP contribution in [0.5, 0.6) is 0 Å². The molecule has 0 atom stereocenters. The van der Waals surface area contributed by atoms with E-state index in [1.54, 1.807) is 12.3 Å². The summed E-state index contributed by atoms with van der Waals surface area (Å²) in [5.74, 6) is 0.622. The molecule has 1 aromatic heterocycles. The number of nitrogens with one attached hydrogen (secondary N) is 1. The van der Waals surface area contributed by atoms with Gasteiger partial charge in [-0.2, -0.15) is 0 Å². The van der Waals surface area contributed by atoms with E-state index in [1.807, 2.05) is 6.92 Å². The van der Waals surface area contributed by atoms with Crippen molar-refractivity contribution in [1.82, 2.24) is 5.32 Å². The van der Waals surface area contributed by atoms with Crippen molar-refractivity contribution in [3.63, 3.8) is 0 Å². The number of carbonyl (C=O) groups excluding carboxylic acids is 1. The monoisotopic (exact) mass is 251 g/mol. The maximum absolute atomic E-state index is 12.0. The summed E-state index contributed by atoms with van der Waals surface area (Å²) in [6, 6.07) is 1.70. The highest BCUT2D eigenvalue weighted by Crippen LogP contribution is 2.36. The summed E-state index contributed by atoms with van der Waals surface area (Å²) in [6.45, 7) is 2.66. The fraction of sp³-hybridized carbons (Fsp3) is 0.643. The molecule has 2 rings (SSSR count). The second-order valence-corrected chi connectivity index (χ2v) is 5.16.